The Morgan fingerprint density at radius 3 is 2.26 bits per heavy atom. The van der Waals surface area contributed by atoms with Gasteiger partial charge >= 0.3 is 6.09 Å². The number of carbonyl (C=O) groups excluding carboxylic acids is 1. The second-order valence-electron chi connectivity index (χ2n) is 11.6. The van der Waals surface area contributed by atoms with Crippen molar-refractivity contribution in [2.45, 2.75) is 61.2 Å². The molecule has 0 unspecified atom stereocenters. The average molecular weight is 614 g/mol. The Balaban J connectivity index is 1.24. The number of ether oxygens (including phenoxy) is 1. The summed E-state index contributed by atoms with van der Waals surface area (Å²) in [6.45, 7) is 3.07. The van der Waals surface area contributed by atoms with Crippen molar-refractivity contribution in [1.82, 2.24) is 14.1 Å². The molecule has 1 amide bonds. The van der Waals surface area contributed by atoms with Crippen LogP contribution in [-0.4, -0.2) is 66.4 Å². The predicted molar refractivity (Wildman–Crippen MR) is 154 cm³/mol. The lowest BCUT2D eigenvalue weighted by molar-refractivity contribution is -0.0144. The lowest BCUT2D eigenvalue weighted by Gasteiger charge is -2.45. The van der Waals surface area contributed by atoms with Gasteiger partial charge in [0.2, 0.25) is 10.0 Å². The average Bonchev–Trinajstić information content (AvgIpc) is 3.78. The first-order valence-electron chi connectivity index (χ1n) is 14.6. The van der Waals surface area contributed by atoms with Gasteiger partial charge in [0.05, 0.1) is 12.1 Å². The van der Waals surface area contributed by atoms with E-state index in [1.165, 1.54) is 28.1 Å². The topological polar surface area (TPSA) is 70.2 Å². The molecule has 1 saturated carbocycles. The van der Waals surface area contributed by atoms with E-state index < -0.39 is 56.1 Å². The first-order chi connectivity index (χ1) is 20.7. The number of amides is 1. The van der Waals surface area contributed by atoms with E-state index in [2.05, 4.69) is 17.0 Å². The molecular formula is C32H34F3N3O4S. The van der Waals surface area contributed by atoms with E-state index in [1.54, 1.807) is 11.0 Å². The third-order valence-electron chi connectivity index (χ3n) is 8.77. The van der Waals surface area contributed by atoms with Crippen LogP contribution in [0.2, 0.25) is 0 Å². The molecule has 2 heterocycles. The van der Waals surface area contributed by atoms with Crippen molar-refractivity contribution in [1.29, 1.82) is 0 Å². The molecule has 0 radical (unpaired) electrons. The van der Waals surface area contributed by atoms with Crippen LogP contribution >= 0.6 is 0 Å². The number of nitrogens with zero attached hydrogens (tertiary/aromatic N) is 3. The molecule has 0 aromatic heterocycles. The zero-order valence-electron chi connectivity index (χ0n) is 23.7. The molecule has 7 nitrogen and oxygen atoms in total. The van der Waals surface area contributed by atoms with Crippen LogP contribution in [0.15, 0.2) is 77.7 Å². The van der Waals surface area contributed by atoms with Crippen LogP contribution in [0, 0.1) is 17.5 Å². The maximum absolute atomic E-state index is 15.0. The fourth-order valence-corrected chi connectivity index (χ4v) is 8.39. The smallest absolute Gasteiger partial charge is 0.410 e. The predicted octanol–water partition coefficient (Wildman–Crippen LogP) is 5.88. The van der Waals surface area contributed by atoms with Crippen LogP contribution < -0.4 is 0 Å². The number of hydrogen-bond donors (Lipinski definition) is 0. The van der Waals surface area contributed by atoms with E-state index in [1.807, 2.05) is 18.2 Å². The molecule has 228 valence electrons. The Morgan fingerprint density at radius 1 is 0.860 bits per heavy atom. The Morgan fingerprint density at radius 2 is 1.58 bits per heavy atom. The number of sulfonamides is 1. The van der Waals surface area contributed by atoms with E-state index in [4.69, 9.17) is 4.74 Å². The van der Waals surface area contributed by atoms with E-state index in [-0.39, 0.29) is 0 Å². The normalized spacial score (nSPS) is 22.7. The van der Waals surface area contributed by atoms with Gasteiger partial charge in [0.1, 0.15) is 27.9 Å². The lowest BCUT2D eigenvalue weighted by atomic mass is 9.90. The Hall–Kier alpha value is -3.41. The second-order valence-corrected chi connectivity index (χ2v) is 13.4. The number of carbonyl (C=O) groups is 1. The largest absolute Gasteiger partial charge is 0.441 e. The van der Waals surface area contributed by atoms with Crippen molar-refractivity contribution in [3.05, 3.63) is 101 Å². The number of halogens is 3. The molecule has 2 aliphatic heterocycles. The standard InChI is InChI=1S/C32H34F3N3O4S/c33-25-9-4-8-24(20-25)28-10-5-11-30(38(28)43(40,41)29-13-12-26(34)21-27(29)35)32(14-15-32)42-31(39)37-18-16-36(17-19-37)22-23-6-2-1-3-7-23/h1-4,6-9,12-13,20-21,28,30H,5,10-11,14-19,22H2/t28-,30+/m0/s1. The van der Waals surface area contributed by atoms with Crippen molar-refractivity contribution in [3.63, 3.8) is 0 Å². The van der Waals surface area contributed by atoms with Crippen LogP contribution in [0.1, 0.15) is 49.3 Å². The molecule has 2 saturated heterocycles. The molecule has 0 spiro atoms. The van der Waals surface area contributed by atoms with Gasteiger partial charge in [0.25, 0.3) is 0 Å². The molecule has 11 heteroatoms. The summed E-state index contributed by atoms with van der Waals surface area (Å²) in [5.74, 6) is -2.63. The number of piperidine rings is 1. The second kappa shape index (κ2) is 11.9. The van der Waals surface area contributed by atoms with E-state index in [0.29, 0.717) is 69.9 Å². The Kier molecular flexibility index (Phi) is 8.23. The van der Waals surface area contributed by atoms with Crippen molar-refractivity contribution in [2.24, 2.45) is 0 Å². The van der Waals surface area contributed by atoms with Gasteiger partial charge in [-0.3, -0.25) is 4.90 Å². The Bertz CT molecular complexity index is 1580. The summed E-state index contributed by atoms with van der Waals surface area (Å²) in [7, 11) is -4.55. The van der Waals surface area contributed by atoms with Crippen molar-refractivity contribution in [3.8, 4) is 0 Å². The minimum Gasteiger partial charge on any atom is -0.441 e. The van der Waals surface area contributed by atoms with Crippen LogP contribution in [-0.2, 0) is 21.3 Å². The molecule has 1 aliphatic carbocycles. The van der Waals surface area contributed by atoms with Crippen molar-refractivity contribution >= 4 is 16.1 Å². The van der Waals surface area contributed by atoms with Crippen LogP contribution in [0.3, 0.4) is 0 Å². The molecule has 0 bridgehead atoms. The molecule has 3 aliphatic rings. The number of benzene rings is 3. The number of hydrogen-bond acceptors (Lipinski definition) is 5. The van der Waals surface area contributed by atoms with Gasteiger partial charge in [-0.25, -0.2) is 26.4 Å². The molecule has 0 N–H and O–H groups in total. The zero-order chi connectivity index (χ0) is 30.2. The summed E-state index contributed by atoms with van der Waals surface area (Å²) >= 11 is 0. The molecule has 3 aromatic rings. The lowest BCUT2D eigenvalue weighted by Crippen LogP contribution is -2.55. The molecular weight excluding hydrogens is 579 g/mol. The molecule has 43 heavy (non-hydrogen) atoms. The monoisotopic (exact) mass is 613 g/mol. The highest BCUT2D eigenvalue weighted by Crippen LogP contribution is 2.52. The third kappa shape index (κ3) is 6.16. The van der Waals surface area contributed by atoms with Gasteiger partial charge < -0.3 is 9.64 Å². The summed E-state index contributed by atoms with van der Waals surface area (Å²) in [6, 6.07) is 16.5. The number of rotatable bonds is 7. The van der Waals surface area contributed by atoms with E-state index in [0.717, 1.165) is 18.7 Å². The molecule has 3 aromatic carbocycles. The van der Waals surface area contributed by atoms with Gasteiger partial charge in [-0.05, 0) is 67.5 Å². The maximum atomic E-state index is 15.0. The zero-order valence-corrected chi connectivity index (χ0v) is 24.5. The van der Waals surface area contributed by atoms with Gasteiger partial charge in [-0.2, -0.15) is 4.31 Å². The number of piperazine rings is 1. The highest BCUT2D eigenvalue weighted by molar-refractivity contribution is 7.89. The van der Waals surface area contributed by atoms with Gasteiger partial charge in [-0.1, -0.05) is 42.5 Å². The summed E-state index contributed by atoms with van der Waals surface area (Å²) in [6.07, 6.45) is 1.74. The molecule has 6 rings (SSSR count). The van der Waals surface area contributed by atoms with Crippen LogP contribution in [0.5, 0.6) is 0 Å². The van der Waals surface area contributed by atoms with Gasteiger partial charge in [-0.15, -0.1) is 0 Å². The summed E-state index contributed by atoms with van der Waals surface area (Å²) in [5, 5.41) is 0. The molecule has 2 atom stereocenters. The molecule has 3 fully saturated rings. The fourth-order valence-electron chi connectivity index (χ4n) is 6.43. The minimum atomic E-state index is -4.55. The first kappa shape index (κ1) is 29.7. The van der Waals surface area contributed by atoms with Crippen LogP contribution in [0.25, 0.3) is 0 Å². The van der Waals surface area contributed by atoms with E-state index >= 15 is 0 Å². The third-order valence-corrected chi connectivity index (χ3v) is 10.7. The first-order valence-corrected chi connectivity index (χ1v) is 16.1. The highest BCUT2D eigenvalue weighted by atomic mass is 32.2. The summed E-state index contributed by atoms with van der Waals surface area (Å²) in [5.41, 5.74) is 0.528. The highest BCUT2D eigenvalue weighted by Gasteiger charge is 2.60. The van der Waals surface area contributed by atoms with Gasteiger partial charge in [0.15, 0.2) is 0 Å². The van der Waals surface area contributed by atoms with E-state index in [9.17, 15) is 26.4 Å². The quantitative estimate of drug-likeness (QED) is 0.333. The fraction of sp³-hybridized carbons (Fsp3) is 0.406. The SMILES string of the molecule is O=C(OC1([C@H]2CCC[C@@H](c3cccc(F)c3)N2S(=O)(=O)c2ccc(F)cc2F)CC1)N1CCN(Cc2ccccc2)CC1. The minimum absolute atomic E-state index is 0.370. The van der Waals surface area contributed by atoms with Gasteiger partial charge in [0, 0.05) is 38.8 Å². The van der Waals surface area contributed by atoms with Crippen LogP contribution in [0.4, 0.5) is 18.0 Å². The summed E-state index contributed by atoms with van der Waals surface area (Å²) < 4.78 is 78.6. The summed E-state index contributed by atoms with van der Waals surface area (Å²) in [4.78, 5) is 16.7. The Labute approximate surface area is 249 Å². The maximum Gasteiger partial charge on any atom is 0.410 e. The van der Waals surface area contributed by atoms with Crippen molar-refractivity contribution in [2.75, 3.05) is 26.2 Å². The van der Waals surface area contributed by atoms with Crippen molar-refractivity contribution < 1.29 is 31.1 Å².